The number of fused-ring (bicyclic) bond motifs is 1. The molecule has 0 aliphatic carbocycles. The quantitative estimate of drug-likeness (QED) is 0.311. The maximum atomic E-state index is 14.3. The number of hydrogen-bond donors (Lipinski definition) is 1. The number of methoxy groups -OCH3 is 1. The smallest absolute Gasteiger partial charge is 0.330 e. The van der Waals surface area contributed by atoms with Gasteiger partial charge in [-0.25, -0.2) is 4.79 Å². The summed E-state index contributed by atoms with van der Waals surface area (Å²) in [4.78, 5) is 28.9. The molecule has 4 aromatic rings. The third-order valence-electron chi connectivity index (χ3n) is 7.58. The number of amides is 1. The second-order valence-corrected chi connectivity index (χ2v) is 11.2. The Hall–Kier alpha value is -4.32. The molecule has 3 aromatic carbocycles. The van der Waals surface area contributed by atoms with E-state index in [0.717, 1.165) is 33.6 Å². The van der Waals surface area contributed by atoms with Crippen molar-refractivity contribution in [2.45, 2.75) is 51.1 Å². The Balaban J connectivity index is 1.63. The van der Waals surface area contributed by atoms with Crippen LogP contribution in [0, 0.1) is 0 Å². The molecule has 1 unspecified atom stereocenters. The van der Waals surface area contributed by atoms with Gasteiger partial charge in [-0.15, -0.1) is 0 Å². The van der Waals surface area contributed by atoms with E-state index in [1.807, 2.05) is 66.7 Å². The Morgan fingerprint density at radius 2 is 1.74 bits per heavy atom. The number of carbonyl (C=O) groups excluding carboxylic acids is 1. The second-order valence-electron chi connectivity index (χ2n) is 11.2. The lowest BCUT2D eigenvalue weighted by molar-refractivity contribution is -0.151. The van der Waals surface area contributed by atoms with E-state index < -0.39 is 11.5 Å². The molecule has 6 heteroatoms. The number of hydrogen-bond acceptors (Lipinski definition) is 4. The largest absolute Gasteiger partial charge is 0.496 e. The minimum absolute atomic E-state index is 0.158. The predicted molar refractivity (Wildman–Crippen MR) is 150 cm³/mol. The molecule has 0 saturated carbocycles. The topological polar surface area (TPSA) is 80.0 Å². The number of nitrogens with zero attached hydrogens (tertiary/aromatic N) is 1. The van der Waals surface area contributed by atoms with E-state index in [9.17, 15) is 14.7 Å². The molecule has 5 rings (SSSR count). The molecule has 0 spiro atoms. The molecule has 1 aliphatic rings. The van der Waals surface area contributed by atoms with Crippen LogP contribution in [0.3, 0.4) is 0 Å². The predicted octanol–water partition coefficient (Wildman–Crippen LogP) is 6.52. The highest BCUT2D eigenvalue weighted by Gasteiger charge is 2.50. The minimum Gasteiger partial charge on any atom is -0.496 e. The fourth-order valence-electron chi connectivity index (χ4n) is 5.50. The Morgan fingerprint density at radius 1 is 0.974 bits per heavy atom. The molecule has 200 valence electrons. The third kappa shape index (κ3) is 4.94. The first-order valence-electron chi connectivity index (χ1n) is 13.1. The van der Waals surface area contributed by atoms with E-state index >= 15 is 0 Å². The minimum atomic E-state index is -1.46. The Morgan fingerprint density at radius 3 is 2.38 bits per heavy atom. The van der Waals surface area contributed by atoms with Gasteiger partial charge < -0.3 is 19.2 Å². The molecule has 2 heterocycles. The van der Waals surface area contributed by atoms with Crippen LogP contribution in [0.15, 0.2) is 89.5 Å². The van der Waals surface area contributed by atoms with Gasteiger partial charge in [0, 0.05) is 30.5 Å². The lowest BCUT2D eigenvalue weighted by Gasteiger charge is -2.45. The molecule has 0 bridgehead atoms. The molecule has 1 aliphatic heterocycles. The summed E-state index contributed by atoms with van der Waals surface area (Å²) >= 11 is 0. The molecular formula is C33H33NO5. The van der Waals surface area contributed by atoms with Gasteiger partial charge in [0.25, 0.3) is 5.91 Å². The monoisotopic (exact) mass is 523 g/mol. The lowest BCUT2D eigenvalue weighted by Crippen LogP contribution is -2.61. The maximum absolute atomic E-state index is 14.3. The highest BCUT2D eigenvalue weighted by atomic mass is 16.5. The van der Waals surface area contributed by atoms with Crippen LogP contribution >= 0.6 is 0 Å². The number of carboxylic acids is 1. The zero-order chi connectivity index (χ0) is 27.8. The third-order valence-corrected chi connectivity index (χ3v) is 7.58. The molecular weight excluding hydrogens is 490 g/mol. The first kappa shape index (κ1) is 26.3. The second kappa shape index (κ2) is 10.1. The van der Waals surface area contributed by atoms with Crippen molar-refractivity contribution < 1.29 is 23.8 Å². The van der Waals surface area contributed by atoms with Gasteiger partial charge in [-0.05, 0) is 58.0 Å². The zero-order valence-electron chi connectivity index (χ0n) is 22.7. The number of ether oxygens (including phenoxy) is 1. The van der Waals surface area contributed by atoms with E-state index in [2.05, 4.69) is 20.8 Å². The molecule has 0 saturated heterocycles. The van der Waals surface area contributed by atoms with Gasteiger partial charge in [-0.3, -0.25) is 4.79 Å². The molecule has 1 amide bonds. The zero-order valence-corrected chi connectivity index (χ0v) is 22.7. The fourth-order valence-corrected chi connectivity index (χ4v) is 5.50. The highest BCUT2D eigenvalue weighted by molar-refractivity contribution is 5.99. The van der Waals surface area contributed by atoms with Crippen LogP contribution in [0.2, 0.25) is 0 Å². The van der Waals surface area contributed by atoms with E-state index in [1.165, 1.54) is 4.90 Å². The van der Waals surface area contributed by atoms with Crippen LogP contribution in [0.5, 0.6) is 5.75 Å². The van der Waals surface area contributed by atoms with Gasteiger partial charge >= 0.3 is 5.97 Å². The van der Waals surface area contributed by atoms with E-state index in [-0.39, 0.29) is 30.7 Å². The SMILES string of the molecule is COc1cc(C(=O)N2Cc3cc(-c4ccco4)ccc3CC2(Cc2ccccc2)C(=O)O)ccc1C(C)(C)C. The summed E-state index contributed by atoms with van der Waals surface area (Å²) in [5.74, 6) is -0.0488. The number of benzene rings is 3. The van der Waals surface area contributed by atoms with Crippen molar-refractivity contribution in [1.82, 2.24) is 4.90 Å². The molecule has 1 atom stereocenters. The molecule has 0 fully saturated rings. The van der Waals surface area contributed by atoms with Crippen molar-refractivity contribution in [1.29, 1.82) is 0 Å². The maximum Gasteiger partial charge on any atom is 0.330 e. The van der Waals surface area contributed by atoms with E-state index in [1.54, 1.807) is 25.5 Å². The van der Waals surface area contributed by atoms with Crippen LogP contribution in [0.4, 0.5) is 0 Å². The number of carbonyl (C=O) groups is 2. The van der Waals surface area contributed by atoms with Crippen molar-refractivity contribution in [3.05, 3.63) is 113 Å². The molecule has 1 N–H and O–H groups in total. The van der Waals surface area contributed by atoms with Crippen LogP contribution < -0.4 is 4.74 Å². The van der Waals surface area contributed by atoms with Crippen molar-refractivity contribution in [2.75, 3.05) is 7.11 Å². The summed E-state index contributed by atoms with van der Waals surface area (Å²) in [5, 5.41) is 10.8. The van der Waals surface area contributed by atoms with Gasteiger partial charge in [0.05, 0.1) is 13.4 Å². The van der Waals surface area contributed by atoms with Crippen molar-refractivity contribution in [3.8, 4) is 17.1 Å². The molecule has 39 heavy (non-hydrogen) atoms. The number of aliphatic carboxylic acids is 1. The summed E-state index contributed by atoms with van der Waals surface area (Å²) in [6.45, 7) is 6.41. The van der Waals surface area contributed by atoms with Gasteiger partial charge in [0.2, 0.25) is 0 Å². The van der Waals surface area contributed by atoms with Gasteiger partial charge in [0.1, 0.15) is 17.0 Å². The summed E-state index contributed by atoms with van der Waals surface area (Å²) < 4.78 is 11.2. The Labute approximate surface area is 228 Å². The highest BCUT2D eigenvalue weighted by Crippen LogP contribution is 2.39. The van der Waals surface area contributed by atoms with Crippen molar-refractivity contribution >= 4 is 11.9 Å². The van der Waals surface area contributed by atoms with Crippen LogP contribution in [0.1, 0.15) is 53.4 Å². The lowest BCUT2D eigenvalue weighted by atomic mass is 9.77. The summed E-state index contributed by atoms with van der Waals surface area (Å²) in [7, 11) is 1.59. The fraction of sp³-hybridized carbons (Fsp3) is 0.273. The van der Waals surface area contributed by atoms with Crippen molar-refractivity contribution in [2.24, 2.45) is 0 Å². The van der Waals surface area contributed by atoms with Gasteiger partial charge in [-0.1, -0.05) is 69.3 Å². The van der Waals surface area contributed by atoms with E-state index in [4.69, 9.17) is 9.15 Å². The normalized spacial score (nSPS) is 17.0. The summed E-state index contributed by atoms with van der Waals surface area (Å²) in [5.41, 5.74) is 3.27. The van der Waals surface area contributed by atoms with Gasteiger partial charge in [-0.2, -0.15) is 0 Å². The molecule has 6 nitrogen and oxygen atoms in total. The van der Waals surface area contributed by atoms with E-state index in [0.29, 0.717) is 11.3 Å². The van der Waals surface area contributed by atoms with Crippen molar-refractivity contribution in [3.63, 3.8) is 0 Å². The average molecular weight is 524 g/mol. The number of furan rings is 1. The van der Waals surface area contributed by atoms with Crippen LogP contribution in [-0.4, -0.2) is 34.5 Å². The Kier molecular flexibility index (Phi) is 6.81. The van der Waals surface area contributed by atoms with Gasteiger partial charge in [0.15, 0.2) is 0 Å². The number of carboxylic acid groups (broad SMARTS) is 1. The summed E-state index contributed by atoms with van der Waals surface area (Å²) in [6.07, 6.45) is 1.99. The standard InChI is InChI=1S/C33H33NO5/c1-32(2,3)27-15-14-24(18-29(27)38-4)30(35)34-21-26-17-23(28-11-8-16-39-28)12-13-25(26)20-33(34,31(36)37)19-22-9-6-5-7-10-22/h5-18H,19-21H2,1-4H3,(H,36,37). The first-order chi connectivity index (χ1) is 18.6. The number of rotatable bonds is 6. The summed E-state index contributed by atoms with van der Waals surface area (Å²) in [6, 6.07) is 24.5. The molecule has 1 aromatic heterocycles. The average Bonchev–Trinajstić information content (AvgIpc) is 3.47. The molecule has 0 radical (unpaired) electrons. The van der Waals surface area contributed by atoms with Crippen LogP contribution in [-0.2, 0) is 29.6 Å². The Bertz CT molecular complexity index is 1500. The first-order valence-corrected chi connectivity index (χ1v) is 13.1. The van der Waals surface area contributed by atoms with Crippen LogP contribution in [0.25, 0.3) is 11.3 Å².